The average Bonchev–Trinajstić information content (AvgIpc) is 3.67. The number of nitrogens with one attached hydrogen (secondary N) is 2. The molecule has 37 heavy (non-hydrogen) atoms. The van der Waals surface area contributed by atoms with Crippen molar-refractivity contribution in [1.29, 1.82) is 5.26 Å². The van der Waals surface area contributed by atoms with Crippen LogP contribution in [0.25, 0.3) is 16.6 Å². The lowest BCUT2D eigenvalue weighted by atomic mass is 10.1. The van der Waals surface area contributed by atoms with E-state index in [1.165, 1.54) is 12.8 Å². The maximum Gasteiger partial charge on any atom is 0.251 e. The van der Waals surface area contributed by atoms with Crippen LogP contribution >= 0.6 is 0 Å². The highest BCUT2D eigenvalue weighted by Crippen LogP contribution is 2.31. The van der Waals surface area contributed by atoms with Gasteiger partial charge in [-0.1, -0.05) is 11.8 Å². The Bertz CT molecular complexity index is 1520. The number of ether oxygens (including phenoxy) is 1. The van der Waals surface area contributed by atoms with Crippen LogP contribution in [0.5, 0.6) is 5.75 Å². The van der Waals surface area contributed by atoms with Crippen LogP contribution in [0.15, 0.2) is 61.1 Å². The molecule has 0 atom stereocenters. The molecule has 0 bridgehead atoms. The minimum absolute atomic E-state index is 0.126. The minimum Gasteiger partial charge on any atom is -0.492 e. The van der Waals surface area contributed by atoms with Gasteiger partial charge in [0.15, 0.2) is 0 Å². The summed E-state index contributed by atoms with van der Waals surface area (Å²) >= 11 is 0. The third-order valence-electron chi connectivity index (χ3n) is 5.95. The van der Waals surface area contributed by atoms with Gasteiger partial charge in [0.2, 0.25) is 0 Å². The highest BCUT2D eigenvalue weighted by molar-refractivity contribution is 5.94. The standard InChI is InChI=1S/C29H26N6O2/c1-2-37-25-15-26(28-24(16-30)18-34-35(28)19-25)23-11-12-27(33-17-23)31-13-14-32-29(36)22-9-7-21(8-10-22)6-5-20-3-4-20/h7-12,15,17-20H,2-4,13-14H2,1H3,(H,31,33)(H,32,36). The van der Waals surface area contributed by atoms with E-state index >= 15 is 0 Å². The fourth-order valence-electron chi connectivity index (χ4n) is 3.89. The van der Waals surface area contributed by atoms with E-state index in [9.17, 15) is 10.1 Å². The summed E-state index contributed by atoms with van der Waals surface area (Å²) in [5.41, 5.74) is 4.39. The number of carbonyl (C=O) groups is 1. The third kappa shape index (κ3) is 5.71. The molecule has 2 N–H and O–H groups in total. The smallest absolute Gasteiger partial charge is 0.251 e. The predicted octanol–water partition coefficient (Wildman–Crippen LogP) is 4.27. The molecule has 0 saturated heterocycles. The van der Waals surface area contributed by atoms with Gasteiger partial charge in [-0.25, -0.2) is 9.50 Å². The van der Waals surface area contributed by atoms with Crippen molar-refractivity contribution < 1.29 is 9.53 Å². The van der Waals surface area contributed by atoms with Crippen LogP contribution < -0.4 is 15.4 Å². The van der Waals surface area contributed by atoms with Gasteiger partial charge in [-0.2, -0.15) is 10.4 Å². The lowest BCUT2D eigenvalue weighted by Crippen LogP contribution is -2.28. The molecule has 4 aromatic rings. The first-order valence-corrected chi connectivity index (χ1v) is 12.3. The van der Waals surface area contributed by atoms with Gasteiger partial charge < -0.3 is 15.4 Å². The predicted molar refractivity (Wildman–Crippen MR) is 141 cm³/mol. The van der Waals surface area contributed by atoms with Crippen LogP contribution in [0.2, 0.25) is 0 Å². The van der Waals surface area contributed by atoms with Crippen molar-refractivity contribution >= 4 is 17.2 Å². The molecule has 8 nitrogen and oxygen atoms in total. The summed E-state index contributed by atoms with van der Waals surface area (Å²) in [5.74, 6) is 8.15. The van der Waals surface area contributed by atoms with Gasteiger partial charge in [0.1, 0.15) is 17.6 Å². The number of hydrogen-bond acceptors (Lipinski definition) is 6. The summed E-state index contributed by atoms with van der Waals surface area (Å²) in [6.07, 6.45) is 7.44. The Morgan fingerprint density at radius 1 is 1.16 bits per heavy atom. The number of carbonyl (C=O) groups excluding carboxylic acids is 1. The largest absolute Gasteiger partial charge is 0.492 e. The summed E-state index contributed by atoms with van der Waals surface area (Å²) in [5, 5.41) is 19.9. The maximum absolute atomic E-state index is 12.4. The van der Waals surface area contributed by atoms with Crippen molar-refractivity contribution in [3.05, 3.63) is 77.7 Å². The zero-order valence-electron chi connectivity index (χ0n) is 20.5. The monoisotopic (exact) mass is 490 g/mol. The Morgan fingerprint density at radius 2 is 2.00 bits per heavy atom. The van der Waals surface area contributed by atoms with E-state index in [0.717, 1.165) is 16.7 Å². The van der Waals surface area contributed by atoms with Gasteiger partial charge in [-0.05, 0) is 62.2 Å². The van der Waals surface area contributed by atoms with Crippen molar-refractivity contribution in [2.45, 2.75) is 19.8 Å². The van der Waals surface area contributed by atoms with Crippen molar-refractivity contribution in [1.82, 2.24) is 19.9 Å². The van der Waals surface area contributed by atoms with E-state index in [-0.39, 0.29) is 5.91 Å². The summed E-state index contributed by atoms with van der Waals surface area (Å²) in [6.45, 7) is 3.41. The van der Waals surface area contributed by atoms with Gasteiger partial charge in [-0.15, -0.1) is 0 Å². The molecule has 1 fully saturated rings. The summed E-state index contributed by atoms with van der Waals surface area (Å²) in [7, 11) is 0. The van der Waals surface area contributed by atoms with Crippen LogP contribution in [0.4, 0.5) is 5.82 Å². The molecule has 0 spiro atoms. The van der Waals surface area contributed by atoms with Crippen molar-refractivity contribution in [3.8, 4) is 34.8 Å². The van der Waals surface area contributed by atoms with Gasteiger partial charge in [0, 0.05) is 47.5 Å². The van der Waals surface area contributed by atoms with Crippen molar-refractivity contribution in [3.63, 3.8) is 0 Å². The fraction of sp³-hybridized carbons (Fsp3) is 0.241. The first-order valence-electron chi connectivity index (χ1n) is 12.3. The quantitative estimate of drug-likeness (QED) is 0.282. The van der Waals surface area contributed by atoms with E-state index in [1.807, 2.05) is 37.3 Å². The zero-order valence-corrected chi connectivity index (χ0v) is 20.5. The summed E-state index contributed by atoms with van der Waals surface area (Å²) < 4.78 is 7.33. The second kappa shape index (κ2) is 10.8. The number of anilines is 1. The number of amides is 1. The number of rotatable bonds is 8. The van der Waals surface area contributed by atoms with Crippen molar-refractivity contribution in [2.24, 2.45) is 5.92 Å². The summed E-state index contributed by atoms with van der Waals surface area (Å²) in [6, 6.07) is 15.3. The minimum atomic E-state index is -0.126. The van der Waals surface area contributed by atoms with Gasteiger partial charge in [-0.3, -0.25) is 4.79 Å². The Kier molecular flexibility index (Phi) is 7.00. The highest BCUT2D eigenvalue weighted by Gasteiger charge is 2.17. The fourth-order valence-corrected chi connectivity index (χ4v) is 3.89. The van der Waals surface area contributed by atoms with Crippen LogP contribution in [0.3, 0.4) is 0 Å². The van der Waals surface area contributed by atoms with E-state index in [4.69, 9.17) is 4.74 Å². The van der Waals surface area contributed by atoms with E-state index in [0.29, 0.717) is 53.8 Å². The Labute approximate surface area is 215 Å². The van der Waals surface area contributed by atoms with Crippen molar-refractivity contribution in [2.75, 3.05) is 25.0 Å². The molecule has 3 aromatic heterocycles. The molecule has 1 saturated carbocycles. The molecule has 1 aliphatic carbocycles. The molecular weight excluding hydrogens is 464 g/mol. The van der Waals surface area contributed by atoms with Crippen LogP contribution in [-0.2, 0) is 0 Å². The first kappa shape index (κ1) is 23.9. The van der Waals surface area contributed by atoms with Gasteiger partial charge in [0.25, 0.3) is 5.91 Å². The highest BCUT2D eigenvalue weighted by atomic mass is 16.5. The number of nitrogens with zero attached hydrogens (tertiary/aromatic N) is 4. The molecule has 5 rings (SSSR count). The van der Waals surface area contributed by atoms with Crippen LogP contribution in [0.1, 0.15) is 41.3 Å². The number of fused-ring (bicyclic) bond motifs is 1. The van der Waals surface area contributed by atoms with Crippen LogP contribution in [0, 0.1) is 29.1 Å². The van der Waals surface area contributed by atoms with Gasteiger partial charge >= 0.3 is 0 Å². The SMILES string of the molecule is CCOc1cc(-c2ccc(NCCNC(=O)c3ccc(C#CC4CC4)cc3)nc2)c2c(C#N)cnn2c1. The normalized spacial score (nSPS) is 12.3. The van der Waals surface area contributed by atoms with E-state index in [2.05, 4.69) is 38.6 Å². The van der Waals surface area contributed by atoms with Crippen LogP contribution in [-0.4, -0.2) is 40.2 Å². The molecular formula is C29H26N6O2. The summed E-state index contributed by atoms with van der Waals surface area (Å²) in [4.78, 5) is 16.9. The number of hydrogen-bond donors (Lipinski definition) is 2. The average molecular weight is 491 g/mol. The van der Waals surface area contributed by atoms with E-state index < -0.39 is 0 Å². The lowest BCUT2D eigenvalue weighted by molar-refractivity contribution is 0.0955. The Hall–Kier alpha value is -4.82. The molecule has 1 aliphatic rings. The number of nitriles is 1. The molecule has 1 aromatic carbocycles. The number of benzene rings is 1. The molecule has 8 heteroatoms. The Morgan fingerprint density at radius 3 is 2.70 bits per heavy atom. The molecule has 3 heterocycles. The van der Waals surface area contributed by atoms with E-state index in [1.54, 1.807) is 35.2 Å². The second-order valence-corrected chi connectivity index (χ2v) is 8.72. The molecule has 1 amide bonds. The maximum atomic E-state index is 12.4. The van der Waals surface area contributed by atoms with Gasteiger partial charge in [0.05, 0.1) is 30.1 Å². The molecule has 0 unspecified atom stereocenters. The molecule has 184 valence electrons. The zero-order chi connectivity index (χ0) is 25.6. The number of pyridine rings is 2. The first-order chi connectivity index (χ1) is 18.1. The topological polar surface area (TPSA) is 104 Å². The molecule has 0 aliphatic heterocycles. The lowest BCUT2D eigenvalue weighted by Gasteiger charge is -2.11. The number of aromatic nitrogens is 3. The molecule has 0 radical (unpaired) electrons. The Balaban J connectivity index is 1.18. The second-order valence-electron chi connectivity index (χ2n) is 8.72. The third-order valence-corrected chi connectivity index (χ3v) is 5.95.